The van der Waals surface area contributed by atoms with Gasteiger partial charge in [0.15, 0.2) is 5.13 Å². The molecule has 1 unspecified atom stereocenters. The number of amides is 2. The highest BCUT2D eigenvalue weighted by atomic mass is 127. The van der Waals surface area contributed by atoms with Crippen LogP contribution in [0.25, 0.3) is 11.3 Å². The van der Waals surface area contributed by atoms with E-state index in [1.54, 1.807) is 0 Å². The van der Waals surface area contributed by atoms with Crippen LogP contribution in [0.1, 0.15) is 33.3 Å². The van der Waals surface area contributed by atoms with Gasteiger partial charge >= 0.3 is 6.18 Å². The molecule has 1 atom stereocenters. The lowest BCUT2D eigenvalue weighted by Crippen LogP contribution is -2.56. The first kappa shape index (κ1) is 28.7. The van der Waals surface area contributed by atoms with Gasteiger partial charge in [-0.2, -0.15) is 13.2 Å². The normalized spacial score (nSPS) is 13.0. The van der Waals surface area contributed by atoms with Crippen molar-refractivity contribution in [2.45, 2.75) is 25.1 Å². The van der Waals surface area contributed by atoms with Crippen molar-refractivity contribution in [3.63, 3.8) is 0 Å². The van der Waals surface area contributed by atoms with Gasteiger partial charge in [0.25, 0.3) is 11.8 Å². The average molecular weight is 667 g/mol. The van der Waals surface area contributed by atoms with Crippen LogP contribution in [0, 0.1) is 5.82 Å². The van der Waals surface area contributed by atoms with Gasteiger partial charge in [-0.15, -0.1) is 11.3 Å². The van der Waals surface area contributed by atoms with Gasteiger partial charge in [0.05, 0.1) is 11.3 Å². The Hall–Kier alpha value is -3.32. The highest BCUT2D eigenvalue weighted by Crippen LogP contribution is 2.34. The second kappa shape index (κ2) is 11.8. The van der Waals surface area contributed by atoms with Crippen LogP contribution in [-0.4, -0.2) is 26.8 Å². The van der Waals surface area contributed by atoms with Crippen molar-refractivity contribution in [1.29, 1.82) is 0 Å². The topological polar surface area (TPSA) is 71.1 Å². The van der Waals surface area contributed by atoms with Crippen molar-refractivity contribution in [3.8, 4) is 11.3 Å². The lowest BCUT2D eigenvalue weighted by Gasteiger charge is -2.27. The molecule has 1 aromatic heterocycles. The second-order valence-electron chi connectivity index (χ2n) is 8.89. The predicted molar refractivity (Wildman–Crippen MR) is 152 cm³/mol. The summed E-state index contributed by atoms with van der Waals surface area (Å²) in [6.07, 6.45) is -4.29. The molecule has 0 aliphatic heterocycles. The molecular formula is C28H22F4IN3O2S. The Labute approximate surface area is 239 Å². The molecule has 0 saturated carbocycles. The van der Waals surface area contributed by atoms with Gasteiger partial charge in [-0.05, 0) is 30.7 Å². The summed E-state index contributed by atoms with van der Waals surface area (Å²) >= 11 is 3.23. The smallest absolute Gasteiger partial charge is 0.337 e. The number of alkyl halides is 4. The van der Waals surface area contributed by atoms with E-state index in [4.69, 9.17) is 0 Å². The third-order valence-corrected chi connectivity index (χ3v) is 8.36. The fourth-order valence-electron chi connectivity index (χ4n) is 3.72. The third-order valence-electron chi connectivity index (χ3n) is 5.87. The lowest BCUT2D eigenvalue weighted by atomic mass is 10.0. The van der Waals surface area contributed by atoms with Crippen molar-refractivity contribution >= 4 is 50.9 Å². The molecule has 202 valence electrons. The molecule has 3 aromatic carbocycles. The molecule has 0 aliphatic rings. The number of rotatable bonds is 8. The Balaban J connectivity index is 1.56. The zero-order chi connectivity index (χ0) is 28.2. The minimum absolute atomic E-state index is 0.124. The molecule has 2 N–H and O–H groups in total. The van der Waals surface area contributed by atoms with E-state index in [1.807, 2.05) is 83.3 Å². The maximum atomic E-state index is 14.0. The number of thiazole rings is 1. The van der Waals surface area contributed by atoms with E-state index in [0.717, 1.165) is 27.8 Å². The molecule has 4 rings (SSSR count). The minimum atomic E-state index is -4.89. The van der Waals surface area contributed by atoms with Crippen molar-refractivity contribution in [2.75, 3.05) is 9.74 Å². The summed E-state index contributed by atoms with van der Waals surface area (Å²) in [4.78, 5) is 31.7. The van der Waals surface area contributed by atoms with Crippen molar-refractivity contribution in [3.05, 3.63) is 106 Å². The van der Waals surface area contributed by atoms with Crippen molar-refractivity contribution in [2.24, 2.45) is 0 Å². The van der Waals surface area contributed by atoms with Gasteiger partial charge in [-0.25, -0.2) is 9.37 Å². The average Bonchev–Trinajstić information content (AvgIpc) is 3.30. The first-order valence-corrected chi connectivity index (χ1v) is 14.0. The van der Waals surface area contributed by atoms with Crippen LogP contribution in [0.3, 0.4) is 0 Å². The Morgan fingerprint density at radius 3 is 2.21 bits per heavy atom. The highest BCUT2D eigenvalue weighted by Gasteiger charge is 2.37. The summed E-state index contributed by atoms with van der Waals surface area (Å²) in [6.45, 7) is 1.48. The second-order valence-corrected chi connectivity index (χ2v) is 10.7. The maximum Gasteiger partial charge on any atom is 0.419 e. The molecule has 0 saturated heterocycles. The summed E-state index contributed by atoms with van der Waals surface area (Å²) in [5.41, 5.74) is -0.596. The molecule has 4 aromatic rings. The molecule has 1 heterocycles. The molecule has 0 bridgehead atoms. The third kappa shape index (κ3) is 6.82. The minimum Gasteiger partial charge on any atom is -0.337 e. The van der Waals surface area contributed by atoms with Crippen LogP contribution in [0.4, 0.5) is 22.7 Å². The fraction of sp³-hybridized carbons (Fsp3) is 0.179. The molecule has 5 nitrogen and oxygen atoms in total. The van der Waals surface area contributed by atoms with Crippen LogP contribution in [0.2, 0.25) is 0 Å². The standard InChI is InChI=1S/C28H22F4IN3O2S/c1-27(16-33,36-24(37)19-12-13-20(21(29)15-19)28(30,31)32)25(38)35-26-34-23(18-10-6-3-7-11-18)22(39-26)14-17-8-4-2-5-9-17/h2-13,15H,14,16H2,1H3,(H,36,37)(H,34,35,38). The fourth-order valence-corrected chi connectivity index (χ4v) is 5.27. The maximum absolute atomic E-state index is 14.0. The Morgan fingerprint density at radius 1 is 0.974 bits per heavy atom. The quantitative estimate of drug-likeness (QED) is 0.120. The van der Waals surface area contributed by atoms with Crippen molar-refractivity contribution in [1.82, 2.24) is 10.3 Å². The monoisotopic (exact) mass is 667 g/mol. The molecule has 39 heavy (non-hydrogen) atoms. The van der Waals surface area contributed by atoms with E-state index in [9.17, 15) is 27.2 Å². The van der Waals surface area contributed by atoms with Crippen LogP contribution >= 0.6 is 33.9 Å². The number of carbonyl (C=O) groups is 2. The van der Waals surface area contributed by atoms with Crippen LogP contribution in [0.5, 0.6) is 0 Å². The van der Waals surface area contributed by atoms with E-state index in [2.05, 4.69) is 15.6 Å². The van der Waals surface area contributed by atoms with Crippen LogP contribution in [0.15, 0.2) is 78.9 Å². The Bertz CT molecular complexity index is 1480. The number of hydrogen-bond donors (Lipinski definition) is 2. The number of aromatic nitrogens is 1. The van der Waals surface area contributed by atoms with Gasteiger partial charge < -0.3 is 5.32 Å². The van der Waals surface area contributed by atoms with Crippen LogP contribution < -0.4 is 10.6 Å². The van der Waals surface area contributed by atoms with E-state index < -0.39 is 34.9 Å². The van der Waals surface area contributed by atoms with E-state index in [0.29, 0.717) is 23.7 Å². The van der Waals surface area contributed by atoms with Crippen LogP contribution in [-0.2, 0) is 17.4 Å². The van der Waals surface area contributed by atoms with E-state index in [1.165, 1.54) is 18.3 Å². The number of anilines is 1. The van der Waals surface area contributed by atoms with Crippen molar-refractivity contribution < 1.29 is 27.2 Å². The molecule has 0 spiro atoms. The Kier molecular flexibility index (Phi) is 8.70. The van der Waals surface area contributed by atoms with Gasteiger partial charge in [0, 0.05) is 26.9 Å². The zero-order valence-electron chi connectivity index (χ0n) is 20.5. The zero-order valence-corrected chi connectivity index (χ0v) is 23.5. The number of benzene rings is 3. The predicted octanol–water partition coefficient (Wildman–Crippen LogP) is 7.12. The van der Waals surface area contributed by atoms with Gasteiger partial charge in [0.1, 0.15) is 11.4 Å². The van der Waals surface area contributed by atoms with Gasteiger partial charge in [-0.3, -0.25) is 14.9 Å². The SMILES string of the molecule is CC(CI)(NC(=O)c1ccc(C(F)(F)F)c(F)c1)C(=O)Nc1nc(-c2ccccc2)c(Cc2ccccc2)s1. The summed E-state index contributed by atoms with van der Waals surface area (Å²) in [7, 11) is 0. The molecular weight excluding hydrogens is 645 g/mol. The largest absolute Gasteiger partial charge is 0.419 e. The summed E-state index contributed by atoms with van der Waals surface area (Å²) in [5.74, 6) is -3.03. The summed E-state index contributed by atoms with van der Waals surface area (Å²) in [5, 5.41) is 5.63. The van der Waals surface area contributed by atoms with Gasteiger partial charge in [0.2, 0.25) is 0 Å². The number of hydrogen-bond acceptors (Lipinski definition) is 4. The number of nitrogens with zero attached hydrogens (tertiary/aromatic N) is 1. The highest BCUT2D eigenvalue weighted by molar-refractivity contribution is 14.1. The van der Waals surface area contributed by atoms with E-state index >= 15 is 0 Å². The Morgan fingerprint density at radius 2 is 1.62 bits per heavy atom. The number of carbonyl (C=O) groups excluding carboxylic acids is 2. The molecule has 11 heteroatoms. The lowest BCUT2D eigenvalue weighted by molar-refractivity contribution is -0.140. The molecule has 2 amide bonds. The first-order chi connectivity index (χ1) is 18.5. The number of halogens is 5. The van der Waals surface area contributed by atoms with E-state index in [-0.39, 0.29) is 9.99 Å². The summed E-state index contributed by atoms with van der Waals surface area (Å²) < 4.78 is 52.8. The molecule has 0 radical (unpaired) electrons. The summed E-state index contributed by atoms with van der Waals surface area (Å²) in [6, 6.07) is 21.2. The first-order valence-electron chi connectivity index (χ1n) is 11.7. The molecule has 0 aliphatic carbocycles. The number of nitrogens with one attached hydrogen (secondary N) is 2. The van der Waals surface area contributed by atoms with Gasteiger partial charge in [-0.1, -0.05) is 83.3 Å². The molecule has 0 fully saturated rings.